The summed E-state index contributed by atoms with van der Waals surface area (Å²) in [6, 6.07) is 3.97. The predicted molar refractivity (Wildman–Crippen MR) is 72.5 cm³/mol. The van der Waals surface area contributed by atoms with Crippen LogP contribution in [0.15, 0.2) is 30.9 Å². The van der Waals surface area contributed by atoms with E-state index in [2.05, 4.69) is 32.5 Å². The van der Waals surface area contributed by atoms with Crippen molar-refractivity contribution >= 4 is 11.6 Å². The highest BCUT2D eigenvalue weighted by atomic mass is 15.1. The molecule has 0 fully saturated rings. The van der Waals surface area contributed by atoms with Crippen LogP contribution in [-0.4, -0.2) is 22.0 Å². The van der Waals surface area contributed by atoms with E-state index in [0.29, 0.717) is 0 Å². The van der Waals surface area contributed by atoms with Gasteiger partial charge in [-0.2, -0.15) is 0 Å². The first-order valence-corrected chi connectivity index (χ1v) is 5.99. The second kappa shape index (κ2) is 5.95. The molecule has 2 aromatic heterocycles. The van der Waals surface area contributed by atoms with Crippen molar-refractivity contribution in [1.82, 2.24) is 15.0 Å². The van der Waals surface area contributed by atoms with Gasteiger partial charge in [-0.3, -0.25) is 4.98 Å². The zero-order valence-corrected chi connectivity index (χ0v) is 10.6. The standard InChI is InChI=1S/C13H17N5/c1-3-11-12(14-2)17-9-18-13(11)16-8-10-4-6-15-7-5-10/h4-7,9H,3,8H2,1-2H3,(H2,14,16,17,18). The fourth-order valence-electron chi connectivity index (χ4n) is 1.80. The van der Waals surface area contributed by atoms with Crippen LogP contribution in [0.2, 0.25) is 0 Å². The van der Waals surface area contributed by atoms with Crippen molar-refractivity contribution in [2.45, 2.75) is 19.9 Å². The van der Waals surface area contributed by atoms with E-state index >= 15 is 0 Å². The second-order valence-corrected chi connectivity index (χ2v) is 3.86. The summed E-state index contributed by atoms with van der Waals surface area (Å²) < 4.78 is 0. The average molecular weight is 243 g/mol. The van der Waals surface area contributed by atoms with Crippen molar-refractivity contribution in [2.75, 3.05) is 17.7 Å². The number of anilines is 2. The van der Waals surface area contributed by atoms with Crippen LogP contribution in [0.25, 0.3) is 0 Å². The Hall–Kier alpha value is -2.17. The minimum Gasteiger partial charge on any atom is -0.373 e. The summed E-state index contributed by atoms with van der Waals surface area (Å²) in [4.78, 5) is 12.5. The van der Waals surface area contributed by atoms with Crippen LogP contribution in [-0.2, 0) is 13.0 Å². The molecule has 0 unspecified atom stereocenters. The van der Waals surface area contributed by atoms with Crippen molar-refractivity contribution in [1.29, 1.82) is 0 Å². The van der Waals surface area contributed by atoms with E-state index in [-0.39, 0.29) is 0 Å². The summed E-state index contributed by atoms with van der Waals surface area (Å²) in [5.41, 5.74) is 2.28. The molecule has 0 saturated heterocycles. The fraction of sp³-hybridized carbons (Fsp3) is 0.308. The maximum Gasteiger partial charge on any atom is 0.134 e. The third-order valence-electron chi connectivity index (χ3n) is 2.75. The Morgan fingerprint density at radius 1 is 1.11 bits per heavy atom. The third kappa shape index (κ3) is 2.74. The maximum absolute atomic E-state index is 4.30. The molecule has 0 aliphatic rings. The summed E-state index contributed by atoms with van der Waals surface area (Å²) >= 11 is 0. The lowest BCUT2D eigenvalue weighted by molar-refractivity contribution is 1.01. The van der Waals surface area contributed by atoms with Crippen LogP contribution >= 0.6 is 0 Å². The van der Waals surface area contributed by atoms with Gasteiger partial charge in [-0.15, -0.1) is 0 Å². The van der Waals surface area contributed by atoms with Crippen molar-refractivity contribution in [3.8, 4) is 0 Å². The highest BCUT2D eigenvalue weighted by Gasteiger charge is 2.07. The highest BCUT2D eigenvalue weighted by molar-refractivity contribution is 5.57. The zero-order chi connectivity index (χ0) is 12.8. The Kier molecular flexibility index (Phi) is 4.06. The van der Waals surface area contributed by atoms with E-state index in [1.54, 1.807) is 18.7 Å². The molecule has 2 N–H and O–H groups in total. The first-order valence-electron chi connectivity index (χ1n) is 5.99. The molecule has 0 amide bonds. The van der Waals surface area contributed by atoms with Crippen LogP contribution < -0.4 is 10.6 Å². The number of aromatic nitrogens is 3. The molecule has 2 aromatic rings. The predicted octanol–water partition coefficient (Wildman–Crippen LogP) is 2.09. The molecule has 0 atom stereocenters. The average Bonchev–Trinajstić information content (AvgIpc) is 2.45. The smallest absolute Gasteiger partial charge is 0.134 e. The van der Waals surface area contributed by atoms with E-state index in [1.807, 2.05) is 19.2 Å². The first-order chi connectivity index (χ1) is 8.85. The lowest BCUT2D eigenvalue weighted by atomic mass is 10.2. The van der Waals surface area contributed by atoms with Crippen LogP contribution in [0, 0.1) is 0 Å². The molecule has 94 valence electrons. The molecular weight excluding hydrogens is 226 g/mol. The van der Waals surface area contributed by atoms with E-state index in [4.69, 9.17) is 0 Å². The van der Waals surface area contributed by atoms with Gasteiger partial charge in [0.1, 0.15) is 18.0 Å². The largest absolute Gasteiger partial charge is 0.373 e. The normalized spacial score (nSPS) is 10.1. The molecule has 2 heterocycles. The Morgan fingerprint density at radius 3 is 2.50 bits per heavy atom. The molecule has 0 aliphatic carbocycles. The van der Waals surface area contributed by atoms with Crippen LogP contribution in [0.5, 0.6) is 0 Å². The molecular formula is C13H17N5. The van der Waals surface area contributed by atoms with E-state index < -0.39 is 0 Å². The molecule has 0 bridgehead atoms. The number of rotatable bonds is 5. The molecule has 0 saturated carbocycles. The Bertz CT molecular complexity index is 498. The molecule has 0 aromatic carbocycles. The minimum absolute atomic E-state index is 0.732. The third-order valence-corrected chi connectivity index (χ3v) is 2.75. The highest BCUT2D eigenvalue weighted by Crippen LogP contribution is 2.20. The SMILES string of the molecule is CCc1c(NC)ncnc1NCc1ccncc1. The van der Waals surface area contributed by atoms with Gasteiger partial charge >= 0.3 is 0 Å². The summed E-state index contributed by atoms with van der Waals surface area (Å²) in [6.45, 7) is 2.83. The van der Waals surface area contributed by atoms with Gasteiger partial charge < -0.3 is 10.6 Å². The van der Waals surface area contributed by atoms with Crippen molar-refractivity contribution in [3.05, 3.63) is 42.0 Å². The number of hydrogen-bond donors (Lipinski definition) is 2. The van der Waals surface area contributed by atoms with Crippen LogP contribution in [0.4, 0.5) is 11.6 Å². The Morgan fingerprint density at radius 2 is 1.83 bits per heavy atom. The molecule has 0 aliphatic heterocycles. The summed E-state index contributed by atoms with van der Waals surface area (Å²) in [5.74, 6) is 1.76. The van der Waals surface area contributed by atoms with Crippen LogP contribution in [0.3, 0.4) is 0 Å². The number of hydrogen-bond acceptors (Lipinski definition) is 5. The fourth-order valence-corrected chi connectivity index (χ4v) is 1.80. The van der Waals surface area contributed by atoms with Crippen LogP contribution in [0.1, 0.15) is 18.1 Å². The summed E-state index contributed by atoms with van der Waals surface area (Å²) in [5, 5.41) is 6.42. The van der Waals surface area contributed by atoms with Crippen molar-refractivity contribution in [3.63, 3.8) is 0 Å². The van der Waals surface area contributed by atoms with Gasteiger partial charge in [-0.1, -0.05) is 6.92 Å². The number of pyridine rings is 1. The lowest BCUT2D eigenvalue weighted by Gasteiger charge is -2.12. The maximum atomic E-state index is 4.30. The van der Waals surface area contributed by atoms with Gasteiger partial charge in [0.25, 0.3) is 0 Å². The van der Waals surface area contributed by atoms with Crippen molar-refractivity contribution < 1.29 is 0 Å². The first kappa shape index (κ1) is 12.3. The quantitative estimate of drug-likeness (QED) is 0.842. The topological polar surface area (TPSA) is 62.7 Å². The van der Waals surface area contributed by atoms with E-state index in [0.717, 1.165) is 30.2 Å². The molecule has 18 heavy (non-hydrogen) atoms. The van der Waals surface area contributed by atoms with Gasteiger partial charge in [-0.25, -0.2) is 9.97 Å². The van der Waals surface area contributed by atoms with Gasteiger partial charge in [0.15, 0.2) is 0 Å². The molecule has 2 rings (SSSR count). The monoisotopic (exact) mass is 243 g/mol. The second-order valence-electron chi connectivity index (χ2n) is 3.86. The number of nitrogens with one attached hydrogen (secondary N) is 2. The van der Waals surface area contributed by atoms with Gasteiger partial charge in [0.2, 0.25) is 0 Å². The molecule has 0 radical (unpaired) electrons. The zero-order valence-electron chi connectivity index (χ0n) is 10.6. The van der Waals surface area contributed by atoms with E-state index in [9.17, 15) is 0 Å². The molecule has 5 nitrogen and oxygen atoms in total. The van der Waals surface area contributed by atoms with E-state index in [1.165, 1.54) is 5.56 Å². The Labute approximate surface area is 107 Å². The van der Waals surface area contributed by atoms with Gasteiger partial charge in [-0.05, 0) is 24.1 Å². The summed E-state index contributed by atoms with van der Waals surface area (Å²) in [7, 11) is 1.87. The van der Waals surface area contributed by atoms with Gasteiger partial charge in [0.05, 0.1) is 0 Å². The van der Waals surface area contributed by atoms with Crippen molar-refractivity contribution in [2.24, 2.45) is 0 Å². The number of nitrogens with zero attached hydrogens (tertiary/aromatic N) is 3. The lowest BCUT2D eigenvalue weighted by Crippen LogP contribution is -2.08. The molecule has 0 spiro atoms. The summed E-state index contributed by atoms with van der Waals surface area (Å²) in [6.07, 6.45) is 6.03. The Balaban J connectivity index is 2.14. The minimum atomic E-state index is 0.732. The van der Waals surface area contributed by atoms with Gasteiger partial charge in [0, 0.05) is 31.5 Å². The molecule has 5 heteroatoms.